The Labute approximate surface area is 366 Å². The Hall–Kier alpha value is -8.67. The van der Waals surface area contributed by atoms with Gasteiger partial charge in [0.1, 0.15) is 11.2 Å². The van der Waals surface area contributed by atoms with Gasteiger partial charge in [-0.15, -0.1) is 0 Å². The van der Waals surface area contributed by atoms with E-state index in [1.54, 1.807) is 0 Å². The molecule has 5 nitrogen and oxygen atoms in total. The molecule has 0 saturated heterocycles. The fourth-order valence-corrected chi connectivity index (χ4v) is 10.2. The summed E-state index contributed by atoms with van der Waals surface area (Å²) in [6.07, 6.45) is 0. The minimum atomic E-state index is 0.587. The number of aromatic nitrogens is 4. The van der Waals surface area contributed by atoms with Crippen LogP contribution in [0.4, 0.5) is 0 Å². The van der Waals surface area contributed by atoms with Crippen LogP contribution in [0.2, 0.25) is 0 Å². The van der Waals surface area contributed by atoms with Crippen LogP contribution >= 0.6 is 0 Å². The first-order valence-corrected chi connectivity index (χ1v) is 21.7. The van der Waals surface area contributed by atoms with Crippen LogP contribution in [-0.2, 0) is 0 Å². The fraction of sp³-hybridized carbons (Fsp3) is 0. The van der Waals surface area contributed by atoms with Crippen molar-refractivity contribution >= 4 is 97.6 Å². The molecule has 64 heavy (non-hydrogen) atoms. The maximum Gasteiger partial charge on any atom is 0.164 e. The largest absolute Gasteiger partial charge is 0.456 e. The molecule has 0 amide bonds. The van der Waals surface area contributed by atoms with E-state index in [0.29, 0.717) is 17.5 Å². The van der Waals surface area contributed by atoms with Crippen LogP contribution in [0.15, 0.2) is 211 Å². The van der Waals surface area contributed by atoms with Crippen molar-refractivity contribution in [2.75, 3.05) is 0 Å². The van der Waals surface area contributed by atoms with Gasteiger partial charge in [-0.25, -0.2) is 15.0 Å². The molecule has 3 heterocycles. The molecule has 0 unspecified atom stereocenters. The van der Waals surface area contributed by atoms with E-state index in [-0.39, 0.29) is 0 Å². The van der Waals surface area contributed by atoms with Crippen molar-refractivity contribution in [3.63, 3.8) is 0 Å². The van der Waals surface area contributed by atoms with Crippen LogP contribution in [0.3, 0.4) is 0 Å². The molecule has 0 aliphatic carbocycles. The lowest BCUT2D eigenvalue weighted by Gasteiger charge is -2.12. The Morgan fingerprint density at radius 1 is 0.328 bits per heavy atom. The van der Waals surface area contributed by atoms with Crippen molar-refractivity contribution < 1.29 is 4.42 Å². The Morgan fingerprint density at radius 3 is 1.80 bits per heavy atom. The van der Waals surface area contributed by atoms with Crippen molar-refractivity contribution in [3.05, 3.63) is 206 Å². The first kappa shape index (κ1) is 35.0. The van der Waals surface area contributed by atoms with Crippen LogP contribution in [0.1, 0.15) is 0 Å². The highest BCUT2D eigenvalue weighted by Gasteiger charge is 2.20. The molecule has 0 radical (unpaired) electrons. The first-order valence-electron chi connectivity index (χ1n) is 21.7. The molecule has 0 fully saturated rings. The van der Waals surface area contributed by atoms with E-state index in [1.165, 1.54) is 54.1 Å². The second-order valence-electron chi connectivity index (χ2n) is 16.8. The van der Waals surface area contributed by atoms with Gasteiger partial charge in [-0.3, -0.25) is 0 Å². The number of hydrogen-bond acceptors (Lipinski definition) is 4. The van der Waals surface area contributed by atoms with Crippen LogP contribution in [0.5, 0.6) is 0 Å². The molecule has 0 aliphatic rings. The van der Waals surface area contributed by atoms with Crippen molar-refractivity contribution in [3.8, 4) is 39.9 Å². The van der Waals surface area contributed by atoms with Crippen molar-refractivity contribution in [2.24, 2.45) is 0 Å². The third kappa shape index (κ3) is 5.22. The summed E-state index contributed by atoms with van der Waals surface area (Å²) in [6, 6.07) is 73.4. The molecule has 0 spiro atoms. The summed E-state index contributed by atoms with van der Waals surface area (Å²) < 4.78 is 9.14. The Bertz CT molecular complexity index is 4260. The van der Waals surface area contributed by atoms with Gasteiger partial charge >= 0.3 is 0 Å². The van der Waals surface area contributed by atoms with Crippen LogP contribution in [-0.4, -0.2) is 19.5 Å². The van der Waals surface area contributed by atoms with Crippen molar-refractivity contribution in [1.29, 1.82) is 0 Å². The summed E-state index contributed by atoms with van der Waals surface area (Å²) in [7, 11) is 0. The number of benzene rings is 11. The predicted molar refractivity (Wildman–Crippen MR) is 265 cm³/mol. The SMILES string of the molecule is c1ccc(-c2nc(-c3ccc4c(c3)oc3ccc5cc(-n6c7cc8ccccc8cc7c7ccc8ccccc8c76)ccc5c34)nc(-c3cc4ccccc4c4ccccc34)n2)cc1. The van der Waals surface area contributed by atoms with Gasteiger partial charge in [0.25, 0.3) is 0 Å². The predicted octanol–water partition coefficient (Wildman–Crippen LogP) is 15.6. The highest BCUT2D eigenvalue weighted by molar-refractivity contribution is 6.22. The van der Waals surface area contributed by atoms with Crippen LogP contribution in [0.25, 0.3) is 137 Å². The maximum absolute atomic E-state index is 6.69. The zero-order valence-electron chi connectivity index (χ0n) is 34.3. The van der Waals surface area contributed by atoms with Gasteiger partial charge < -0.3 is 8.98 Å². The van der Waals surface area contributed by atoms with E-state index in [0.717, 1.165) is 65.9 Å². The molecular formula is C59H34N4O. The van der Waals surface area contributed by atoms with E-state index in [9.17, 15) is 0 Å². The molecule has 0 saturated carbocycles. The number of fused-ring (bicyclic) bond motifs is 14. The molecular weight excluding hydrogens is 781 g/mol. The maximum atomic E-state index is 6.69. The number of hydrogen-bond donors (Lipinski definition) is 0. The monoisotopic (exact) mass is 814 g/mol. The van der Waals surface area contributed by atoms with Gasteiger partial charge in [0.05, 0.1) is 11.0 Å². The van der Waals surface area contributed by atoms with E-state index < -0.39 is 0 Å². The summed E-state index contributed by atoms with van der Waals surface area (Å²) in [6.45, 7) is 0. The Balaban J connectivity index is 0.941. The van der Waals surface area contributed by atoms with Crippen molar-refractivity contribution in [1.82, 2.24) is 19.5 Å². The zero-order valence-corrected chi connectivity index (χ0v) is 34.3. The first-order chi connectivity index (χ1) is 31.7. The van der Waals surface area contributed by atoms with Crippen LogP contribution in [0, 0.1) is 0 Å². The molecule has 5 heteroatoms. The average Bonchev–Trinajstić information content (AvgIpc) is 3.90. The minimum Gasteiger partial charge on any atom is -0.456 e. The lowest BCUT2D eigenvalue weighted by molar-refractivity contribution is 0.669. The quantitative estimate of drug-likeness (QED) is 0.166. The third-order valence-corrected chi connectivity index (χ3v) is 13.1. The van der Waals surface area contributed by atoms with E-state index >= 15 is 0 Å². The summed E-state index contributed by atoms with van der Waals surface area (Å²) in [5, 5.41) is 16.4. The molecule has 0 bridgehead atoms. The summed E-state index contributed by atoms with van der Waals surface area (Å²) >= 11 is 0. The number of nitrogens with zero attached hydrogens (tertiary/aromatic N) is 4. The summed E-state index contributed by atoms with van der Waals surface area (Å²) in [5.74, 6) is 1.83. The second-order valence-corrected chi connectivity index (χ2v) is 16.8. The van der Waals surface area contributed by atoms with Crippen molar-refractivity contribution in [2.45, 2.75) is 0 Å². The zero-order chi connectivity index (χ0) is 41.9. The topological polar surface area (TPSA) is 56.7 Å². The highest BCUT2D eigenvalue weighted by Crippen LogP contribution is 2.42. The summed E-state index contributed by atoms with van der Waals surface area (Å²) in [5.41, 5.74) is 7.90. The fourth-order valence-electron chi connectivity index (χ4n) is 10.2. The van der Waals surface area contributed by atoms with E-state index in [1.807, 2.05) is 30.3 Å². The molecule has 0 aliphatic heterocycles. The lowest BCUT2D eigenvalue weighted by Crippen LogP contribution is -2.00. The number of furan rings is 1. The normalized spacial score (nSPS) is 12.1. The Kier molecular flexibility index (Phi) is 7.33. The molecule has 11 aromatic carbocycles. The molecule has 0 atom stereocenters. The second kappa shape index (κ2) is 13.4. The van der Waals surface area contributed by atoms with Gasteiger partial charge in [0.15, 0.2) is 17.5 Å². The third-order valence-electron chi connectivity index (χ3n) is 13.1. The average molecular weight is 815 g/mol. The Morgan fingerprint density at radius 2 is 0.953 bits per heavy atom. The van der Waals surface area contributed by atoms with Gasteiger partial charge in [-0.1, -0.05) is 158 Å². The van der Waals surface area contributed by atoms with E-state index in [2.05, 4.69) is 180 Å². The molecule has 14 rings (SSSR count). The molecule has 14 aromatic rings. The van der Waals surface area contributed by atoms with Gasteiger partial charge in [-0.2, -0.15) is 0 Å². The molecule has 296 valence electrons. The molecule has 3 aromatic heterocycles. The van der Waals surface area contributed by atoms with Gasteiger partial charge in [-0.05, 0) is 97.0 Å². The standard InChI is InChI=1S/C59H34N4O/c1-2-13-36(14-3-1)57-60-58(62-59(61-57)51-32-39-17-7-8-18-43(39)46-20-10-11-21-47(46)51)41-23-27-49-54(34-41)64-53-29-24-40-30-42(25-28-44(40)55(49)53)63-52-33-38-16-5-4-15-37(38)31-50(52)48-26-22-35-12-6-9-19-45(35)56(48)63/h1-34H. The van der Waals surface area contributed by atoms with Crippen LogP contribution < -0.4 is 0 Å². The molecule has 0 N–H and O–H groups in total. The minimum absolute atomic E-state index is 0.587. The highest BCUT2D eigenvalue weighted by atomic mass is 16.3. The van der Waals surface area contributed by atoms with Gasteiger partial charge in [0.2, 0.25) is 0 Å². The summed E-state index contributed by atoms with van der Waals surface area (Å²) in [4.78, 5) is 15.4. The van der Waals surface area contributed by atoms with E-state index in [4.69, 9.17) is 19.4 Å². The van der Waals surface area contributed by atoms with Gasteiger partial charge in [0, 0.05) is 49.3 Å². The number of rotatable bonds is 4. The lowest BCUT2D eigenvalue weighted by atomic mass is 9.97. The smallest absolute Gasteiger partial charge is 0.164 e.